The fraction of sp³-hybridized carbons (Fsp3) is 0.429. The van der Waals surface area contributed by atoms with Gasteiger partial charge in [-0.05, 0) is 27.0 Å². The topological polar surface area (TPSA) is 21.3 Å². The number of ether oxygens (including phenoxy) is 1. The van der Waals surface area contributed by atoms with Crippen LogP contribution in [0.3, 0.4) is 0 Å². The summed E-state index contributed by atoms with van der Waals surface area (Å²) in [4.78, 5) is 0. The summed E-state index contributed by atoms with van der Waals surface area (Å²) in [6, 6.07) is 8.34. The molecule has 1 atom stereocenters. The van der Waals surface area contributed by atoms with Gasteiger partial charge in [0, 0.05) is 18.0 Å². The Hall–Kier alpha value is -1.46. The molecule has 0 bridgehead atoms. The second-order valence-corrected chi connectivity index (χ2v) is 3.44. The van der Waals surface area contributed by atoms with Gasteiger partial charge >= 0.3 is 0 Å². The summed E-state index contributed by atoms with van der Waals surface area (Å²) >= 11 is 0. The Morgan fingerprint density at radius 2 is 2.12 bits per heavy atom. The molecule has 1 rings (SSSR count). The van der Waals surface area contributed by atoms with Crippen molar-refractivity contribution in [2.45, 2.75) is 26.3 Å². The minimum Gasteiger partial charge on any atom is -0.494 e. The summed E-state index contributed by atoms with van der Waals surface area (Å²) in [6.07, 6.45) is 0.803. The van der Waals surface area contributed by atoms with Gasteiger partial charge in [0.05, 0.1) is 6.61 Å². The molecule has 0 saturated carbocycles. The maximum atomic E-state index is 5.61. The SMILES string of the molecule is CC#CCC(NC)c1ccccc1OCC. The standard InChI is InChI=1S/C14H19NO/c1-4-6-10-13(15-3)12-9-7-8-11-14(12)16-5-2/h7-9,11,13,15H,5,10H2,1-3H3. The molecule has 0 aliphatic heterocycles. The Balaban J connectivity index is 2.92. The first-order valence-electron chi connectivity index (χ1n) is 5.62. The molecular formula is C14H19NO. The molecular weight excluding hydrogens is 198 g/mol. The highest BCUT2D eigenvalue weighted by Crippen LogP contribution is 2.26. The molecule has 1 aromatic carbocycles. The third kappa shape index (κ3) is 3.29. The smallest absolute Gasteiger partial charge is 0.124 e. The van der Waals surface area contributed by atoms with Crippen molar-refractivity contribution < 1.29 is 4.74 Å². The molecule has 16 heavy (non-hydrogen) atoms. The van der Waals surface area contributed by atoms with Crippen LogP contribution >= 0.6 is 0 Å². The average molecular weight is 217 g/mol. The van der Waals surface area contributed by atoms with E-state index < -0.39 is 0 Å². The highest BCUT2D eigenvalue weighted by atomic mass is 16.5. The lowest BCUT2D eigenvalue weighted by Gasteiger charge is -2.17. The second kappa shape index (κ2) is 6.92. The van der Waals surface area contributed by atoms with Crippen molar-refractivity contribution in [1.29, 1.82) is 0 Å². The van der Waals surface area contributed by atoms with Crippen molar-refractivity contribution in [2.24, 2.45) is 0 Å². The van der Waals surface area contributed by atoms with Crippen molar-refractivity contribution in [2.75, 3.05) is 13.7 Å². The van der Waals surface area contributed by atoms with Crippen LogP contribution < -0.4 is 10.1 Å². The van der Waals surface area contributed by atoms with Gasteiger partial charge in [-0.1, -0.05) is 18.2 Å². The highest BCUT2D eigenvalue weighted by molar-refractivity contribution is 5.36. The first kappa shape index (κ1) is 12.6. The van der Waals surface area contributed by atoms with Gasteiger partial charge in [0.15, 0.2) is 0 Å². The van der Waals surface area contributed by atoms with Crippen LogP contribution in [-0.2, 0) is 0 Å². The number of hydrogen-bond acceptors (Lipinski definition) is 2. The van der Waals surface area contributed by atoms with Gasteiger partial charge in [-0.2, -0.15) is 0 Å². The highest BCUT2D eigenvalue weighted by Gasteiger charge is 2.12. The quantitative estimate of drug-likeness (QED) is 0.766. The lowest BCUT2D eigenvalue weighted by Crippen LogP contribution is -2.16. The van der Waals surface area contributed by atoms with Gasteiger partial charge in [-0.15, -0.1) is 11.8 Å². The molecule has 0 saturated heterocycles. The van der Waals surface area contributed by atoms with Crippen molar-refractivity contribution in [1.82, 2.24) is 5.32 Å². The summed E-state index contributed by atoms with van der Waals surface area (Å²) in [5.74, 6) is 6.97. The Morgan fingerprint density at radius 1 is 1.38 bits per heavy atom. The van der Waals surface area contributed by atoms with Crippen LogP contribution in [0.15, 0.2) is 24.3 Å². The van der Waals surface area contributed by atoms with Crippen LogP contribution in [0.25, 0.3) is 0 Å². The summed E-state index contributed by atoms with van der Waals surface area (Å²) in [5, 5.41) is 3.27. The molecule has 1 unspecified atom stereocenters. The van der Waals surface area contributed by atoms with Crippen LogP contribution in [0.5, 0.6) is 5.75 Å². The van der Waals surface area contributed by atoms with Gasteiger partial charge in [0.1, 0.15) is 5.75 Å². The molecule has 0 aromatic heterocycles. The van der Waals surface area contributed by atoms with Crippen LogP contribution in [0.2, 0.25) is 0 Å². The van der Waals surface area contributed by atoms with E-state index in [1.807, 2.05) is 39.1 Å². The lowest BCUT2D eigenvalue weighted by atomic mass is 10.0. The van der Waals surface area contributed by atoms with Crippen LogP contribution in [0, 0.1) is 11.8 Å². The molecule has 0 aliphatic rings. The molecule has 0 radical (unpaired) electrons. The first-order valence-corrected chi connectivity index (χ1v) is 5.62. The van der Waals surface area contributed by atoms with E-state index in [1.165, 1.54) is 5.56 Å². The maximum Gasteiger partial charge on any atom is 0.124 e. The van der Waals surface area contributed by atoms with E-state index in [0.717, 1.165) is 12.2 Å². The molecule has 0 aliphatic carbocycles. The van der Waals surface area contributed by atoms with E-state index in [0.29, 0.717) is 6.61 Å². The van der Waals surface area contributed by atoms with Crippen molar-refractivity contribution in [3.63, 3.8) is 0 Å². The van der Waals surface area contributed by atoms with E-state index in [1.54, 1.807) is 0 Å². The molecule has 0 fully saturated rings. The average Bonchev–Trinajstić information content (AvgIpc) is 2.32. The molecule has 2 nitrogen and oxygen atoms in total. The van der Waals surface area contributed by atoms with Gasteiger partial charge in [-0.3, -0.25) is 0 Å². The number of rotatable bonds is 5. The molecule has 0 spiro atoms. The van der Waals surface area contributed by atoms with Gasteiger partial charge < -0.3 is 10.1 Å². The fourth-order valence-electron chi connectivity index (χ4n) is 1.63. The van der Waals surface area contributed by atoms with E-state index in [9.17, 15) is 0 Å². The fourth-order valence-corrected chi connectivity index (χ4v) is 1.63. The predicted molar refractivity (Wildman–Crippen MR) is 67.5 cm³/mol. The third-order valence-corrected chi connectivity index (χ3v) is 2.43. The summed E-state index contributed by atoms with van der Waals surface area (Å²) < 4.78 is 5.61. The molecule has 86 valence electrons. The minimum atomic E-state index is 0.232. The summed E-state index contributed by atoms with van der Waals surface area (Å²) in [5.41, 5.74) is 1.18. The summed E-state index contributed by atoms with van der Waals surface area (Å²) in [7, 11) is 1.95. The Labute approximate surface area is 98.0 Å². The van der Waals surface area contributed by atoms with Gasteiger partial charge in [0.25, 0.3) is 0 Å². The van der Waals surface area contributed by atoms with Crippen molar-refractivity contribution >= 4 is 0 Å². The molecule has 1 aromatic rings. The number of benzene rings is 1. The van der Waals surface area contributed by atoms with E-state index >= 15 is 0 Å². The largest absolute Gasteiger partial charge is 0.494 e. The second-order valence-electron chi connectivity index (χ2n) is 3.44. The molecule has 1 N–H and O–H groups in total. The number of nitrogens with one attached hydrogen (secondary N) is 1. The Kier molecular flexibility index (Phi) is 5.45. The monoisotopic (exact) mass is 217 g/mol. The van der Waals surface area contributed by atoms with Gasteiger partial charge in [0.2, 0.25) is 0 Å². The normalized spacial score (nSPS) is 11.4. The Morgan fingerprint density at radius 3 is 2.75 bits per heavy atom. The minimum absolute atomic E-state index is 0.232. The van der Waals surface area contributed by atoms with E-state index in [-0.39, 0.29) is 6.04 Å². The van der Waals surface area contributed by atoms with Crippen LogP contribution in [0.4, 0.5) is 0 Å². The molecule has 2 heteroatoms. The first-order chi connectivity index (χ1) is 7.83. The zero-order valence-corrected chi connectivity index (χ0v) is 10.2. The predicted octanol–water partition coefficient (Wildman–Crippen LogP) is 2.76. The molecule has 0 heterocycles. The van der Waals surface area contributed by atoms with Gasteiger partial charge in [-0.25, -0.2) is 0 Å². The zero-order valence-electron chi connectivity index (χ0n) is 10.2. The number of hydrogen-bond donors (Lipinski definition) is 1. The van der Waals surface area contributed by atoms with Crippen LogP contribution in [-0.4, -0.2) is 13.7 Å². The van der Waals surface area contributed by atoms with Crippen molar-refractivity contribution in [3.05, 3.63) is 29.8 Å². The third-order valence-electron chi connectivity index (χ3n) is 2.43. The van der Waals surface area contributed by atoms with Crippen LogP contribution in [0.1, 0.15) is 31.9 Å². The van der Waals surface area contributed by atoms with E-state index in [4.69, 9.17) is 4.74 Å². The van der Waals surface area contributed by atoms with E-state index in [2.05, 4.69) is 23.2 Å². The zero-order chi connectivity index (χ0) is 11.8. The summed E-state index contributed by atoms with van der Waals surface area (Å²) in [6.45, 7) is 4.55. The maximum absolute atomic E-state index is 5.61. The number of para-hydroxylation sites is 1. The lowest BCUT2D eigenvalue weighted by molar-refractivity contribution is 0.332. The Bertz CT molecular complexity index is 376. The van der Waals surface area contributed by atoms with Crippen molar-refractivity contribution in [3.8, 4) is 17.6 Å². The molecule has 0 amide bonds.